The van der Waals surface area contributed by atoms with E-state index in [-0.39, 0.29) is 16.2 Å². The van der Waals surface area contributed by atoms with E-state index in [9.17, 15) is 0 Å². The van der Waals surface area contributed by atoms with Gasteiger partial charge in [-0.15, -0.1) is 0 Å². The molecule has 0 amide bonds. The first-order chi connectivity index (χ1) is 14.0. The lowest BCUT2D eigenvalue weighted by Gasteiger charge is -2.31. The van der Waals surface area contributed by atoms with Crippen LogP contribution in [-0.2, 0) is 29.1 Å². The smallest absolute Gasteiger partial charge is 0.134 e. The van der Waals surface area contributed by atoms with Crippen LogP contribution in [0.25, 0.3) is 0 Å². The van der Waals surface area contributed by atoms with E-state index in [1.165, 1.54) is 11.1 Å². The molecule has 5 heteroatoms. The molecule has 0 spiro atoms. The van der Waals surface area contributed by atoms with E-state index in [0.717, 1.165) is 30.1 Å². The number of hydrogen-bond acceptors (Lipinski definition) is 5. The maximum Gasteiger partial charge on any atom is 0.134 e. The maximum absolute atomic E-state index is 4.70. The summed E-state index contributed by atoms with van der Waals surface area (Å²) in [6.45, 7) is 15.5. The summed E-state index contributed by atoms with van der Waals surface area (Å²) in [4.78, 5) is 13.7. The van der Waals surface area contributed by atoms with Gasteiger partial charge in [-0.2, -0.15) is 10.2 Å². The average Bonchev–Trinajstić information content (AvgIpc) is 2.68. The fourth-order valence-corrected chi connectivity index (χ4v) is 4.09. The molecule has 5 nitrogen and oxygen atoms in total. The number of rotatable bonds is 6. The SMILES string of the molecule is CC(C)(C)c1ncccc1CC(C)(C)c1nnccc1CC(C)(C)c1ncccn1. The van der Waals surface area contributed by atoms with Crippen molar-refractivity contribution < 1.29 is 0 Å². The molecule has 3 heterocycles. The minimum absolute atomic E-state index is 0.00942. The van der Waals surface area contributed by atoms with Crippen molar-refractivity contribution in [2.45, 2.75) is 77.6 Å². The minimum atomic E-state index is -0.208. The Kier molecular flexibility index (Phi) is 6.02. The molecule has 30 heavy (non-hydrogen) atoms. The lowest BCUT2D eigenvalue weighted by atomic mass is 9.75. The highest BCUT2D eigenvalue weighted by Crippen LogP contribution is 2.34. The molecule has 0 aromatic carbocycles. The van der Waals surface area contributed by atoms with Crippen molar-refractivity contribution in [3.05, 3.63) is 77.4 Å². The topological polar surface area (TPSA) is 64.5 Å². The van der Waals surface area contributed by atoms with Crippen molar-refractivity contribution in [2.75, 3.05) is 0 Å². The Bertz CT molecular complexity index is 988. The molecule has 0 unspecified atom stereocenters. The van der Waals surface area contributed by atoms with Gasteiger partial charge in [-0.25, -0.2) is 9.97 Å². The van der Waals surface area contributed by atoms with E-state index in [1.54, 1.807) is 18.6 Å². The van der Waals surface area contributed by atoms with Crippen LogP contribution in [0.4, 0.5) is 0 Å². The van der Waals surface area contributed by atoms with Gasteiger partial charge in [0.1, 0.15) is 5.82 Å². The van der Waals surface area contributed by atoms with E-state index in [4.69, 9.17) is 4.98 Å². The summed E-state index contributed by atoms with van der Waals surface area (Å²) in [6.07, 6.45) is 8.91. The van der Waals surface area contributed by atoms with E-state index < -0.39 is 0 Å². The zero-order chi connectivity index (χ0) is 22.0. The quantitative estimate of drug-likeness (QED) is 0.579. The first kappa shape index (κ1) is 22.0. The Morgan fingerprint density at radius 3 is 1.90 bits per heavy atom. The largest absolute Gasteiger partial charge is 0.260 e. The Hall–Kier alpha value is -2.69. The van der Waals surface area contributed by atoms with Crippen molar-refractivity contribution in [1.82, 2.24) is 25.1 Å². The van der Waals surface area contributed by atoms with Gasteiger partial charge in [0, 0.05) is 46.7 Å². The van der Waals surface area contributed by atoms with Crippen LogP contribution >= 0.6 is 0 Å². The maximum atomic E-state index is 4.70. The predicted molar refractivity (Wildman–Crippen MR) is 120 cm³/mol. The minimum Gasteiger partial charge on any atom is -0.260 e. The highest BCUT2D eigenvalue weighted by molar-refractivity contribution is 5.33. The monoisotopic (exact) mass is 403 g/mol. The third-order valence-corrected chi connectivity index (χ3v) is 5.48. The molecule has 0 saturated heterocycles. The highest BCUT2D eigenvalue weighted by atomic mass is 15.1. The van der Waals surface area contributed by atoms with Crippen molar-refractivity contribution in [2.24, 2.45) is 0 Å². The molecule has 3 rings (SSSR count). The molecule has 0 aliphatic rings. The Morgan fingerprint density at radius 2 is 1.23 bits per heavy atom. The van der Waals surface area contributed by atoms with Gasteiger partial charge in [0.25, 0.3) is 0 Å². The summed E-state index contributed by atoms with van der Waals surface area (Å²) in [7, 11) is 0. The van der Waals surface area contributed by atoms with Gasteiger partial charge < -0.3 is 0 Å². The van der Waals surface area contributed by atoms with Crippen LogP contribution in [0.3, 0.4) is 0 Å². The molecule has 3 aromatic heterocycles. The average molecular weight is 404 g/mol. The summed E-state index contributed by atoms with van der Waals surface area (Å²) < 4.78 is 0. The number of aromatic nitrogens is 5. The molecular weight excluding hydrogens is 370 g/mol. The first-order valence-corrected chi connectivity index (χ1v) is 10.5. The Morgan fingerprint density at radius 1 is 0.633 bits per heavy atom. The summed E-state index contributed by atoms with van der Waals surface area (Å²) in [5.74, 6) is 0.841. The van der Waals surface area contributed by atoms with Crippen molar-refractivity contribution >= 4 is 0 Å². The fraction of sp³-hybridized carbons (Fsp3) is 0.480. The summed E-state index contributed by atoms with van der Waals surface area (Å²) in [6, 6.07) is 8.15. The van der Waals surface area contributed by atoms with E-state index in [0.29, 0.717) is 0 Å². The van der Waals surface area contributed by atoms with Crippen LogP contribution < -0.4 is 0 Å². The van der Waals surface area contributed by atoms with Gasteiger partial charge in [0.15, 0.2) is 0 Å². The predicted octanol–water partition coefficient (Wildman–Crippen LogP) is 5.00. The molecule has 0 bridgehead atoms. The van der Waals surface area contributed by atoms with Gasteiger partial charge in [-0.1, -0.05) is 54.5 Å². The molecule has 0 fully saturated rings. The van der Waals surface area contributed by atoms with Crippen molar-refractivity contribution in [1.29, 1.82) is 0 Å². The number of pyridine rings is 1. The fourth-order valence-electron chi connectivity index (χ4n) is 4.09. The lowest BCUT2D eigenvalue weighted by Crippen LogP contribution is -2.30. The van der Waals surface area contributed by atoms with Gasteiger partial charge in [0.2, 0.25) is 0 Å². The van der Waals surface area contributed by atoms with Gasteiger partial charge in [-0.3, -0.25) is 4.98 Å². The van der Waals surface area contributed by atoms with Crippen LogP contribution in [0.15, 0.2) is 49.1 Å². The summed E-state index contributed by atoms with van der Waals surface area (Å²) in [5.41, 5.74) is 4.20. The summed E-state index contributed by atoms with van der Waals surface area (Å²) >= 11 is 0. The van der Waals surface area contributed by atoms with Crippen LogP contribution in [0.5, 0.6) is 0 Å². The van der Waals surface area contributed by atoms with Crippen molar-refractivity contribution in [3.63, 3.8) is 0 Å². The summed E-state index contributed by atoms with van der Waals surface area (Å²) in [5, 5.41) is 8.84. The van der Waals surface area contributed by atoms with E-state index in [1.807, 2.05) is 18.3 Å². The Labute approximate surface area is 180 Å². The Balaban J connectivity index is 1.95. The van der Waals surface area contributed by atoms with Gasteiger partial charge in [0.05, 0.1) is 5.69 Å². The van der Waals surface area contributed by atoms with Gasteiger partial charge >= 0.3 is 0 Å². The molecule has 0 aliphatic heterocycles. The first-order valence-electron chi connectivity index (χ1n) is 10.5. The molecular formula is C25H33N5. The normalized spacial score (nSPS) is 12.8. The second-order valence-corrected chi connectivity index (χ2v) is 10.4. The lowest BCUT2D eigenvalue weighted by molar-refractivity contribution is 0.451. The molecule has 0 saturated carbocycles. The number of hydrogen-bond donors (Lipinski definition) is 0. The molecule has 0 aliphatic carbocycles. The number of nitrogens with zero attached hydrogens (tertiary/aromatic N) is 5. The van der Waals surface area contributed by atoms with Crippen molar-refractivity contribution in [3.8, 4) is 0 Å². The molecule has 3 aromatic rings. The zero-order valence-electron chi connectivity index (χ0n) is 19.3. The third kappa shape index (κ3) is 4.89. The third-order valence-electron chi connectivity index (χ3n) is 5.48. The second-order valence-electron chi connectivity index (χ2n) is 10.4. The zero-order valence-corrected chi connectivity index (χ0v) is 19.3. The van der Waals surface area contributed by atoms with Gasteiger partial charge in [-0.05, 0) is 42.2 Å². The standard InChI is InChI=1S/C25H33N5/c1-23(2,3)20-18(10-8-12-26-20)16-24(4,5)21-19(11-15-29-30-21)17-25(6,7)22-27-13-9-14-28-22/h8-15H,16-17H2,1-7H3. The second kappa shape index (κ2) is 8.21. The van der Waals surface area contributed by atoms with Crippen LogP contribution in [0, 0.1) is 0 Å². The van der Waals surface area contributed by atoms with Crippen LogP contribution in [-0.4, -0.2) is 25.1 Å². The molecule has 0 N–H and O–H groups in total. The van der Waals surface area contributed by atoms with E-state index in [2.05, 4.69) is 80.8 Å². The molecule has 158 valence electrons. The van der Waals surface area contributed by atoms with Crippen LogP contribution in [0.2, 0.25) is 0 Å². The molecule has 0 radical (unpaired) electrons. The highest BCUT2D eigenvalue weighted by Gasteiger charge is 2.32. The van der Waals surface area contributed by atoms with E-state index >= 15 is 0 Å². The molecule has 0 atom stereocenters. The van der Waals surface area contributed by atoms with Crippen LogP contribution in [0.1, 0.15) is 76.8 Å².